The van der Waals surface area contributed by atoms with E-state index in [1.54, 1.807) is 0 Å². The smallest absolute Gasteiger partial charge is 0.306 e. The van der Waals surface area contributed by atoms with Gasteiger partial charge in [0.1, 0.15) is 13.2 Å². The Morgan fingerprint density at radius 1 is 0.367 bits per heavy atom. The molecular weight excluding hydrogens is 745 g/mol. The lowest BCUT2D eigenvalue weighted by molar-refractivity contribution is -0.167. The maximum Gasteiger partial charge on any atom is 0.306 e. The number of unbranched alkanes of at least 4 members (excludes halogenated alkanes) is 13. The van der Waals surface area contributed by atoms with Crippen molar-refractivity contribution < 1.29 is 28.6 Å². The lowest BCUT2D eigenvalue weighted by Gasteiger charge is -2.18. The van der Waals surface area contributed by atoms with Crippen LogP contribution in [0.25, 0.3) is 0 Å². The average Bonchev–Trinajstić information content (AvgIpc) is 3.24. The quantitative estimate of drug-likeness (QED) is 0.0201. The highest BCUT2D eigenvalue weighted by Crippen LogP contribution is 2.11. The standard InChI is InChI=1S/C54H86O6/c1-4-7-10-13-16-19-21-23-25-27-29-30-32-35-38-41-44-47-53(56)59-50-51(49-58-52(55)46-43-40-37-34-18-15-12-9-6-3)60-54(57)48-45-42-39-36-33-31-28-26-24-22-20-17-14-11-8-5-2/h7,9-10,12,16,18-19,23,25-26,28-31,33-35,38,51H,4-6,8,11,13-15,17,20-22,24,27,32,36-37,39-50H2,1-3H3/b10-7-,12-9-,19-16-,25-23-,28-26-,30-29-,33-31-,34-18-,38-35-. The molecule has 0 saturated carbocycles. The summed E-state index contributed by atoms with van der Waals surface area (Å²) in [5, 5.41) is 0. The molecule has 6 nitrogen and oxygen atoms in total. The minimum absolute atomic E-state index is 0.126. The molecule has 0 aliphatic heterocycles. The first-order valence-corrected chi connectivity index (χ1v) is 23.9. The van der Waals surface area contributed by atoms with Crippen LogP contribution in [0.4, 0.5) is 0 Å². The van der Waals surface area contributed by atoms with Crippen molar-refractivity contribution in [2.75, 3.05) is 13.2 Å². The maximum atomic E-state index is 12.7. The van der Waals surface area contributed by atoms with Gasteiger partial charge in [0.25, 0.3) is 0 Å². The van der Waals surface area contributed by atoms with Crippen molar-refractivity contribution in [2.45, 2.75) is 200 Å². The molecule has 0 aromatic heterocycles. The second kappa shape index (κ2) is 47.7. The van der Waals surface area contributed by atoms with Crippen LogP contribution in [0, 0.1) is 0 Å². The zero-order valence-corrected chi connectivity index (χ0v) is 38.4. The van der Waals surface area contributed by atoms with Crippen molar-refractivity contribution >= 4 is 17.9 Å². The van der Waals surface area contributed by atoms with Crippen molar-refractivity contribution in [2.24, 2.45) is 0 Å². The highest BCUT2D eigenvalue weighted by Gasteiger charge is 2.19. The number of carbonyl (C=O) groups excluding carboxylic acids is 3. The monoisotopic (exact) mass is 831 g/mol. The summed E-state index contributed by atoms with van der Waals surface area (Å²) in [6.07, 6.45) is 63.8. The van der Waals surface area contributed by atoms with E-state index in [-0.39, 0.29) is 44.0 Å². The third-order valence-electron chi connectivity index (χ3n) is 9.52. The summed E-state index contributed by atoms with van der Waals surface area (Å²) in [6.45, 7) is 6.26. The average molecular weight is 831 g/mol. The van der Waals surface area contributed by atoms with E-state index in [2.05, 4.69) is 130 Å². The Kier molecular flexibility index (Phi) is 44.6. The molecule has 0 N–H and O–H groups in total. The normalized spacial score (nSPS) is 13.1. The molecule has 0 aromatic rings. The van der Waals surface area contributed by atoms with Crippen LogP contribution in [0.3, 0.4) is 0 Å². The van der Waals surface area contributed by atoms with Gasteiger partial charge in [0.2, 0.25) is 0 Å². The Labute approximate surface area is 368 Å². The molecular formula is C54H86O6. The molecule has 1 atom stereocenters. The Morgan fingerprint density at radius 2 is 0.717 bits per heavy atom. The van der Waals surface area contributed by atoms with Gasteiger partial charge in [-0.1, -0.05) is 175 Å². The molecule has 0 heterocycles. The molecule has 6 heteroatoms. The number of hydrogen-bond acceptors (Lipinski definition) is 6. The van der Waals surface area contributed by atoms with Crippen LogP contribution in [-0.2, 0) is 28.6 Å². The van der Waals surface area contributed by atoms with Crippen molar-refractivity contribution in [1.82, 2.24) is 0 Å². The van der Waals surface area contributed by atoms with Crippen LogP contribution >= 0.6 is 0 Å². The van der Waals surface area contributed by atoms with Gasteiger partial charge in [-0.2, -0.15) is 0 Å². The fourth-order valence-electron chi connectivity index (χ4n) is 5.97. The minimum atomic E-state index is -0.828. The lowest BCUT2D eigenvalue weighted by Crippen LogP contribution is -2.30. The van der Waals surface area contributed by atoms with Gasteiger partial charge in [0.15, 0.2) is 6.10 Å². The number of esters is 3. The van der Waals surface area contributed by atoms with E-state index in [0.29, 0.717) is 19.3 Å². The van der Waals surface area contributed by atoms with Crippen LogP contribution in [0.15, 0.2) is 109 Å². The van der Waals surface area contributed by atoms with E-state index in [1.807, 2.05) is 0 Å². The number of hydrogen-bond donors (Lipinski definition) is 0. The van der Waals surface area contributed by atoms with E-state index in [1.165, 1.54) is 44.9 Å². The van der Waals surface area contributed by atoms with Crippen molar-refractivity contribution in [3.63, 3.8) is 0 Å². The van der Waals surface area contributed by atoms with Gasteiger partial charge in [0.05, 0.1) is 0 Å². The molecule has 0 spiro atoms. The van der Waals surface area contributed by atoms with Gasteiger partial charge >= 0.3 is 17.9 Å². The lowest BCUT2D eigenvalue weighted by atomic mass is 10.1. The maximum absolute atomic E-state index is 12.7. The molecule has 338 valence electrons. The second-order valence-electron chi connectivity index (χ2n) is 15.3. The number of carbonyl (C=O) groups is 3. The third-order valence-corrected chi connectivity index (χ3v) is 9.52. The largest absolute Gasteiger partial charge is 0.462 e. The molecule has 0 aliphatic rings. The minimum Gasteiger partial charge on any atom is -0.462 e. The van der Waals surface area contributed by atoms with Gasteiger partial charge < -0.3 is 14.2 Å². The Balaban J connectivity index is 4.53. The Hall–Kier alpha value is -3.93. The Morgan fingerprint density at radius 3 is 1.22 bits per heavy atom. The molecule has 0 aromatic carbocycles. The molecule has 0 amide bonds. The molecule has 60 heavy (non-hydrogen) atoms. The SMILES string of the molecule is CC/C=C\C/C=C\C/C=C\C/C=C\C/C=C\CCCC(=O)OCC(COC(=O)CCCC/C=C\C/C=C\CC)OC(=O)CCCCC/C=C\C=C/CCCCCCCCC. The summed E-state index contributed by atoms with van der Waals surface area (Å²) in [4.78, 5) is 37.7. The molecule has 0 fully saturated rings. The molecule has 0 rings (SSSR count). The van der Waals surface area contributed by atoms with Crippen LogP contribution in [-0.4, -0.2) is 37.2 Å². The number of rotatable bonds is 41. The van der Waals surface area contributed by atoms with Crippen LogP contribution in [0.1, 0.15) is 194 Å². The van der Waals surface area contributed by atoms with Gasteiger partial charge in [-0.15, -0.1) is 0 Å². The molecule has 1 unspecified atom stereocenters. The zero-order chi connectivity index (χ0) is 43.7. The first-order chi connectivity index (χ1) is 29.5. The van der Waals surface area contributed by atoms with E-state index in [9.17, 15) is 14.4 Å². The molecule has 0 aliphatic carbocycles. The highest BCUT2D eigenvalue weighted by atomic mass is 16.6. The number of allylic oxidation sites excluding steroid dienone is 18. The highest BCUT2D eigenvalue weighted by molar-refractivity contribution is 5.71. The van der Waals surface area contributed by atoms with Crippen molar-refractivity contribution in [3.8, 4) is 0 Å². The number of ether oxygens (including phenoxy) is 3. The predicted molar refractivity (Wildman–Crippen MR) is 256 cm³/mol. The summed E-state index contributed by atoms with van der Waals surface area (Å²) in [6, 6.07) is 0. The van der Waals surface area contributed by atoms with Crippen molar-refractivity contribution in [1.29, 1.82) is 0 Å². The van der Waals surface area contributed by atoms with E-state index >= 15 is 0 Å². The summed E-state index contributed by atoms with van der Waals surface area (Å²) in [5.41, 5.74) is 0. The summed E-state index contributed by atoms with van der Waals surface area (Å²) in [5.74, 6) is -1.06. The molecule has 0 bridgehead atoms. The third kappa shape index (κ3) is 45.2. The fourth-order valence-corrected chi connectivity index (χ4v) is 5.97. The first-order valence-electron chi connectivity index (χ1n) is 23.9. The van der Waals surface area contributed by atoms with Gasteiger partial charge in [-0.25, -0.2) is 0 Å². The Bertz CT molecular complexity index is 1280. The van der Waals surface area contributed by atoms with Crippen LogP contribution in [0.5, 0.6) is 0 Å². The van der Waals surface area contributed by atoms with Gasteiger partial charge in [-0.3, -0.25) is 14.4 Å². The van der Waals surface area contributed by atoms with Gasteiger partial charge in [0, 0.05) is 19.3 Å². The summed E-state index contributed by atoms with van der Waals surface area (Å²) >= 11 is 0. The first kappa shape index (κ1) is 56.1. The fraction of sp³-hybridized carbons (Fsp3) is 0.611. The van der Waals surface area contributed by atoms with Gasteiger partial charge in [-0.05, 0) is 109 Å². The second-order valence-corrected chi connectivity index (χ2v) is 15.3. The van der Waals surface area contributed by atoms with E-state index in [0.717, 1.165) is 96.3 Å². The van der Waals surface area contributed by atoms with Crippen molar-refractivity contribution in [3.05, 3.63) is 109 Å². The van der Waals surface area contributed by atoms with E-state index in [4.69, 9.17) is 14.2 Å². The summed E-state index contributed by atoms with van der Waals surface area (Å²) < 4.78 is 16.6. The molecule has 0 saturated heterocycles. The summed E-state index contributed by atoms with van der Waals surface area (Å²) in [7, 11) is 0. The van der Waals surface area contributed by atoms with Crippen LogP contribution in [0.2, 0.25) is 0 Å². The topological polar surface area (TPSA) is 78.9 Å². The zero-order valence-electron chi connectivity index (χ0n) is 38.4. The predicted octanol–water partition coefficient (Wildman–Crippen LogP) is 15.6. The molecule has 0 radical (unpaired) electrons. The van der Waals surface area contributed by atoms with E-state index < -0.39 is 6.10 Å². The van der Waals surface area contributed by atoms with Crippen LogP contribution < -0.4 is 0 Å².